The normalized spacial score (nSPS) is 23.9. The first-order valence-corrected chi connectivity index (χ1v) is 24.5. The molecule has 12 heteroatoms. The Morgan fingerprint density at radius 3 is 1.95 bits per heavy atom. The molecule has 2 N–H and O–H groups in total. The molecule has 6 aromatic rings. The van der Waals surface area contributed by atoms with Crippen molar-refractivity contribution in [3.8, 4) is 0 Å². The average molecular weight is 843 g/mol. The summed E-state index contributed by atoms with van der Waals surface area (Å²) in [5.41, 5.74) is 4.09. The van der Waals surface area contributed by atoms with E-state index in [2.05, 4.69) is 0 Å². The van der Waals surface area contributed by atoms with Gasteiger partial charge in [0.05, 0.1) is 59.9 Å². The monoisotopic (exact) mass is 842 g/mol. The largest absolute Gasteiger partial charge is 0.432 e. The molecule has 5 aliphatic rings. The van der Waals surface area contributed by atoms with Crippen LogP contribution in [0.3, 0.4) is 0 Å². The number of carbonyl (C=O) groups is 4. The molecule has 0 radical (unpaired) electrons. The molecule has 62 heavy (non-hydrogen) atoms. The fourth-order valence-corrected chi connectivity index (χ4v) is 14.0. The summed E-state index contributed by atoms with van der Waals surface area (Å²) in [6, 6.07) is 36.3. The third-order valence-corrected chi connectivity index (χ3v) is 16.7. The molecule has 0 aromatic heterocycles. The lowest BCUT2D eigenvalue weighted by Gasteiger charge is -2.33. The highest BCUT2D eigenvalue weighted by Gasteiger charge is 2.66. The van der Waals surface area contributed by atoms with Crippen LogP contribution in [0.5, 0.6) is 0 Å². The minimum Gasteiger partial charge on any atom is -0.432 e. The van der Waals surface area contributed by atoms with Crippen LogP contribution in [0.4, 0.5) is 28.4 Å². The van der Waals surface area contributed by atoms with Gasteiger partial charge in [0, 0.05) is 45.7 Å². The molecule has 2 fully saturated rings. The smallest absolute Gasteiger partial charge is 0.264 e. The highest BCUT2D eigenvalue weighted by atomic mass is 28.4. The lowest BCUT2D eigenvalue weighted by molar-refractivity contribution is -0.150. The summed E-state index contributed by atoms with van der Waals surface area (Å²) in [6.07, 6.45) is 0.694. The van der Waals surface area contributed by atoms with Crippen molar-refractivity contribution in [1.29, 1.82) is 0 Å². The third kappa shape index (κ3) is 5.46. The quantitative estimate of drug-likeness (QED) is 0.148. The number of carbonyl (C=O) groups excluding carboxylic acids is 4. The number of benzene rings is 6. The number of aliphatic hydroxyl groups excluding tert-OH is 1. The number of fused-ring (bicyclic) bond motifs is 2. The summed E-state index contributed by atoms with van der Waals surface area (Å²) in [5, 5.41) is 13.8. The van der Waals surface area contributed by atoms with Crippen LogP contribution in [0.1, 0.15) is 58.0 Å². The Labute approximate surface area is 359 Å². The molecule has 0 bridgehead atoms. The number of likely N-dealkylation sites (tertiary alicyclic amines) is 1. The first-order chi connectivity index (χ1) is 29.9. The van der Waals surface area contributed by atoms with Crippen LogP contribution in [0.25, 0.3) is 21.5 Å². The minimum absolute atomic E-state index is 0.0390. The zero-order valence-corrected chi connectivity index (χ0v) is 35.7. The molecule has 5 atom stereocenters. The maximum atomic E-state index is 15.5. The third-order valence-electron chi connectivity index (χ3n) is 14.2. The Morgan fingerprint density at radius 1 is 0.774 bits per heavy atom. The van der Waals surface area contributed by atoms with Crippen LogP contribution >= 0.6 is 0 Å². The van der Waals surface area contributed by atoms with E-state index >= 15 is 4.79 Å². The van der Waals surface area contributed by atoms with E-state index in [9.17, 15) is 24.3 Å². The van der Waals surface area contributed by atoms with Crippen LogP contribution in [0.15, 0.2) is 115 Å². The van der Waals surface area contributed by atoms with E-state index in [0.717, 1.165) is 44.9 Å². The predicted molar refractivity (Wildman–Crippen MR) is 241 cm³/mol. The SMILES string of the molecule is C[C@@H]1[C@@H]([Si](C)(C)O)[C@H](CC(=O)N2CCC[C@H]2CO)O[C@@]12C(=O)N(Cc1ccc(N3C(=O)c4cccc5cccc3c45)cc1)c1ccc(N3C(=O)c4cccc5cccc3c45)cc12. The number of amides is 4. The van der Waals surface area contributed by atoms with E-state index in [1.54, 1.807) is 19.6 Å². The van der Waals surface area contributed by atoms with E-state index in [1.807, 2.05) is 135 Å². The Bertz CT molecular complexity index is 2900. The van der Waals surface area contributed by atoms with Gasteiger partial charge in [0.25, 0.3) is 17.7 Å². The predicted octanol–water partition coefficient (Wildman–Crippen LogP) is 8.29. The van der Waals surface area contributed by atoms with E-state index in [4.69, 9.17) is 4.74 Å². The van der Waals surface area contributed by atoms with Crippen LogP contribution in [0.2, 0.25) is 18.6 Å². The van der Waals surface area contributed by atoms with Gasteiger partial charge in [-0.3, -0.25) is 29.0 Å². The second kappa shape index (κ2) is 13.9. The molecule has 312 valence electrons. The van der Waals surface area contributed by atoms with E-state index in [0.29, 0.717) is 46.7 Å². The molecule has 5 aliphatic heterocycles. The second-order valence-electron chi connectivity index (χ2n) is 18.0. The number of hydrogen-bond acceptors (Lipinski definition) is 7. The fourth-order valence-electron chi connectivity index (χ4n) is 11.5. The van der Waals surface area contributed by atoms with Gasteiger partial charge in [0.2, 0.25) is 5.91 Å². The molecule has 11 rings (SSSR count). The molecule has 5 heterocycles. The second-order valence-corrected chi connectivity index (χ2v) is 22.0. The van der Waals surface area contributed by atoms with Crippen molar-refractivity contribution < 1.29 is 33.8 Å². The molecule has 0 unspecified atom stereocenters. The molecular weight excluding hydrogens is 797 g/mol. The molecule has 1 spiro atoms. The number of nitrogens with zero attached hydrogens (tertiary/aromatic N) is 4. The number of anilines is 5. The summed E-state index contributed by atoms with van der Waals surface area (Å²) in [5.74, 6) is -1.28. The van der Waals surface area contributed by atoms with Gasteiger partial charge in [-0.25, -0.2) is 0 Å². The minimum atomic E-state index is -3.13. The zero-order chi connectivity index (χ0) is 42.8. The van der Waals surface area contributed by atoms with Crippen molar-refractivity contribution in [2.75, 3.05) is 27.9 Å². The summed E-state index contributed by atoms with van der Waals surface area (Å²) >= 11 is 0. The highest BCUT2D eigenvalue weighted by molar-refractivity contribution is 6.71. The first-order valence-electron chi connectivity index (χ1n) is 21.5. The van der Waals surface area contributed by atoms with Gasteiger partial charge in [-0.15, -0.1) is 0 Å². The van der Waals surface area contributed by atoms with Crippen LogP contribution in [-0.4, -0.2) is 72.0 Å². The number of hydrogen-bond donors (Lipinski definition) is 2. The number of rotatable bonds is 8. The maximum absolute atomic E-state index is 15.5. The van der Waals surface area contributed by atoms with Crippen molar-refractivity contribution in [2.24, 2.45) is 5.92 Å². The van der Waals surface area contributed by atoms with Gasteiger partial charge >= 0.3 is 0 Å². The summed E-state index contributed by atoms with van der Waals surface area (Å²) in [4.78, 5) is 76.3. The Balaban J connectivity index is 0.988. The van der Waals surface area contributed by atoms with Crippen LogP contribution < -0.4 is 14.7 Å². The lowest BCUT2D eigenvalue weighted by Crippen LogP contribution is -2.46. The molecule has 6 aromatic carbocycles. The Hall–Kier alpha value is -6.18. The molecular formula is C50H46N4O7Si. The van der Waals surface area contributed by atoms with Crippen LogP contribution in [-0.2, 0) is 26.5 Å². The fraction of sp³-hybridized carbons (Fsp3) is 0.280. The molecule has 2 saturated heterocycles. The van der Waals surface area contributed by atoms with Crippen molar-refractivity contribution >= 4 is 81.9 Å². The summed E-state index contributed by atoms with van der Waals surface area (Å²) in [7, 11) is -3.13. The van der Waals surface area contributed by atoms with E-state index in [-0.39, 0.29) is 49.2 Å². The van der Waals surface area contributed by atoms with Gasteiger partial charge in [-0.2, -0.15) is 0 Å². The van der Waals surface area contributed by atoms with Gasteiger partial charge in [0.15, 0.2) is 13.9 Å². The summed E-state index contributed by atoms with van der Waals surface area (Å²) < 4.78 is 7.11. The van der Waals surface area contributed by atoms with E-state index in [1.165, 1.54) is 0 Å². The van der Waals surface area contributed by atoms with Gasteiger partial charge in [0.1, 0.15) is 0 Å². The lowest BCUT2D eigenvalue weighted by atomic mass is 9.82. The summed E-state index contributed by atoms with van der Waals surface area (Å²) in [6.45, 7) is 6.20. The number of aliphatic hydroxyl groups is 1. The van der Waals surface area contributed by atoms with Crippen molar-refractivity contribution in [3.05, 3.63) is 138 Å². The average Bonchev–Trinajstić information content (AvgIpc) is 4.05. The molecule has 11 nitrogen and oxygen atoms in total. The van der Waals surface area contributed by atoms with E-state index < -0.39 is 31.5 Å². The molecule has 0 aliphatic carbocycles. The van der Waals surface area contributed by atoms with Gasteiger partial charge in [-0.05, 0) is 96.9 Å². The molecule has 4 amide bonds. The highest BCUT2D eigenvalue weighted by Crippen LogP contribution is 2.61. The Morgan fingerprint density at radius 2 is 1.35 bits per heavy atom. The van der Waals surface area contributed by atoms with Crippen LogP contribution in [0, 0.1) is 5.92 Å². The van der Waals surface area contributed by atoms with Gasteiger partial charge < -0.3 is 24.4 Å². The topological polar surface area (TPSA) is 131 Å². The number of ether oxygens (including phenoxy) is 1. The Kier molecular flexibility index (Phi) is 8.69. The first kappa shape index (κ1) is 38.7. The molecule has 0 saturated carbocycles. The van der Waals surface area contributed by atoms with Crippen molar-refractivity contribution in [2.45, 2.75) is 69.1 Å². The van der Waals surface area contributed by atoms with Crippen molar-refractivity contribution in [3.63, 3.8) is 0 Å². The maximum Gasteiger partial charge on any atom is 0.264 e. The standard InChI is InChI=1S/C50H46N4O7Si/c1-29-46(62(2,3)60)42(26-43(56)51-24-8-13-35(51)28-55)61-50(29)38-25-34(54-41-17-7-12-32-10-5-15-37(45(32)41)48(54)58)22-23-39(38)52(49(50)59)27-30-18-20-33(21-19-30)53-40-16-6-11-31-9-4-14-36(44(31)40)47(53)57/h4-7,9-12,14-23,25,29,35,42,46,55,60H,8,13,24,26-28H2,1-3H3/t29-,35+,42+,46-,50+/m1/s1. The zero-order valence-electron chi connectivity index (χ0n) is 34.7. The van der Waals surface area contributed by atoms with Crippen molar-refractivity contribution in [1.82, 2.24) is 4.90 Å². The van der Waals surface area contributed by atoms with Gasteiger partial charge in [-0.1, -0.05) is 67.6 Å².